The first-order valence-corrected chi connectivity index (χ1v) is 11.9. The van der Waals surface area contributed by atoms with Crippen molar-refractivity contribution in [2.45, 2.75) is 26.8 Å². The molecular weight excluding hydrogens is 487 g/mol. The number of aromatic nitrogens is 1. The molecule has 1 atom stereocenters. The van der Waals surface area contributed by atoms with Gasteiger partial charge in [0.1, 0.15) is 5.88 Å². The second-order valence-electron chi connectivity index (χ2n) is 8.37. The topological polar surface area (TPSA) is 103 Å². The molecule has 7 nitrogen and oxygen atoms in total. The van der Waals surface area contributed by atoms with Gasteiger partial charge in [0.2, 0.25) is 5.91 Å². The average molecular weight is 511 g/mol. The highest BCUT2D eigenvalue weighted by molar-refractivity contribution is 6.35. The van der Waals surface area contributed by atoms with Gasteiger partial charge in [-0.15, -0.1) is 11.6 Å². The van der Waals surface area contributed by atoms with Gasteiger partial charge in [-0.3, -0.25) is 14.4 Å². The van der Waals surface area contributed by atoms with Gasteiger partial charge in [0.15, 0.2) is 0 Å². The highest BCUT2D eigenvalue weighted by Crippen LogP contribution is 2.35. The normalized spacial score (nSPS) is 14.4. The van der Waals surface area contributed by atoms with Gasteiger partial charge in [-0.25, -0.2) is 0 Å². The van der Waals surface area contributed by atoms with E-state index in [2.05, 4.69) is 20.9 Å². The molecular formula is C26H24Cl2N4O3. The Hall–Kier alpha value is -3.55. The Kier molecular flexibility index (Phi) is 7.00. The Morgan fingerprint density at radius 3 is 2.63 bits per heavy atom. The summed E-state index contributed by atoms with van der Waals surface area (Å²) in [5.41, 5.74) is 5.80. The van der Waals surface area contributed by atoms with Crippen LogP contribution in [0.15, 0.2) is 42.5 Å². The minimum absolute atomic E-state index is 0.156. The quantitative estimate of drug-likeness (QED) is 0.262. The minimum atomic E-state index is -0.317. The molecule has 2 aromatic carbocycles. The van der Waals surface area contributed by atoms with E-state index in [0.29, 0.717) is 38.8 Å². The first-order chi connectivity index (χ1) is 16.7. The predicted molar refractivity (Wildman–Crippen MR) is 140 cm³/mol. The van der Waals surface area contributed by atoms with E-state index in [9.17, 15) is 14.4 Å². The zero-order valence-electron chi connectivity index (χ0n) is 19.4. The Morgan fingerprint density at radius 2 is 1.91 bits per heavy atom. The Bertz CT molecular complexity index is 1380. The fraction of sp³-hybridized carbons (Fsp3) is 0.192. The summed E-state index contributed by atoms with van der Waals surface area (Å²) in [7, 11) is 0. The van der Waals surface area contributed by atoms with Gasteiger partial charge >= 0.3 is 0 Å². The molecule has 180 valence electrons. The van der Waals surface area contributed by atoms with E-state index in [1.807, 2.05) is 39.0 Å². The summed E-state index contributed by atoms with van der Waals surface area (Å²) in [6.07, 6.45) is 1.72. The Labute approximate surface area is 212 Å². The molecule has 0 saturated carbocycles. The van der Waals surface area contributed by atoms with Crippen LogP contribution < -0.4 is 16.0 Å². The molecule has 1 aliphatic heterocycles. The number of carbonyl (C=O) groups is 3. The maximum Gasteiger partial charge on any atom is 0.256 e. The van der Waals surface area contributed by atoms with Crippen LogP contribution in [0.1, 0.15) is 51.4 Å². The van der Waals surface area contributed by atoms with E-state index in [-0.39, 0.29) is 29.6 Å². The van der Waals surface area contributed by atoms with E-state index >= 15 is 0 Å². The number of carbonyl (C=O) groups excluding carboxylic acids is 3. The first kappa shape index (κ1) is 24.6. The van der Waals surface area contributed by atoms with Crippen LogP contribution in [0.25, 0.3) is 11.6 Å². The number of fused-ring (bicyclic) bond motifs is 1. The number of nitrogens with one attached hydrogen (secondary N) is 4. The first-order valence-electron chi connectivity index (χ1n) is 11.0. The number of anilines is 2. The van der Waals surface area contributed by atoms with Crippen molar-refractivity contribution in [1.29, 1.82) is 0 Å². The van der Waals surface area contributed by atoms with Gasteiger partial charge in [0.05, 0.1) is 17.3 Å². The smallest absolute Gasteiger partial charge is 0.256 e. The van der Waals surface area contributed by atoms with E-state index in [0.717, 1.165) is 16.8 Å². The van der Waals surface area contributed by atoms with Crippen LogP contribution in [-0.4, -0.2) is 28.6 Å². The maximum absolute atomic E-state index is 13.0. The lowest BCUT2D eigenvalue weighted by atomic mass is 10.0. The molecule has 0 spiro atoms. The Balaban J connectivity index is 1.62. The molecule has 1 aliphatic rings. The van der Waals surface area contributed by atoms with Gasteiger partial charge < -0.3 is 20.9 Å². The zero-order chi connectivity index (χ0) is 25.3. The van der Waals surface area contributed by atoms with Crippen molar-refractivity contribution in [3.63, 3.8) is 0 Å². The monoisotopic (exact) mass is 510 g/mol. The number of benzene rings is 2. The number of aromatic amines is 1. The fourth-order valence-electron chi connectivity index (χ4n) is 4.04. The number of amides is 3. The largest absolute Gasteiger partial charge is 0.357 e. The third-order valence-corrected chi connectivity index (χ3v) is 6.39. The second-order valence-corrected chi connectivity index (χ2v) is 9.07. The van der Waals surface area contributed by atoms with Gasteiger partial charge in [0, 0.05) is 33.2 Å². The molecule has 35 heavy (non-hydrogen) atoms. The molecule has 0 fully saturated rings. The van der Waals surface area contributed by atoms with E-state index in [1.165, 1.54) is 0 Å². The van der Waals surface area contributed by atoms with Crippen molar-refractivity contribution < 1.29 is 14.4 Å². The zero-order valence-corrected chi connectivity index (χ0v) is 20.9. The van der Waals surface area contributed by atoms with Crippen molar-refractivity contribution in [2.75, 3.05) is 16.5 Å². The SMILES string of the molecule is Cc1[nH]c(C=C2C(=O)Nc3ccc(C(=O)NC(C)c4cccc(Cl)c4)cc32)c(C)c1NC(=O)CCl. The second kappa shape index (κ2) is 9.98. The molecule has 2 heterocycles. The van der Waals surface area contributed by atoms with Crippen molar-refractivity contribution in [1.82, 2.24) is 10.3 Å². The minimum Gasteiger partial charge on any atom is -0.357 e. The molecule has 0 aliphatic carbocycles. The summed E-state index contributed by atoms with van der Waals surface area (Å²) >= 11 is 11.7. The van der Waals surface area contributed by atoms with E-state index < -0.39 is 0 Å². The lowest BCUT2D eigenvalue weighted by molar-refractivity contribution is -0.114. The number of halogens is 2. The van der Waals surface area contributed by atoms with Crippen LogP contribution in [0, 0.1) is 13.8 Å². The lowest BCUT2D eigenvalue weighted by Gasteiger charge is -2.15. The number of rotatable bonds is 6. The summed E-state index contributed by atoms with van der Waals surface area (Å²) < 4.78 is 0. The molecule has 3 amide bonds. The maximum atomic E-state index is 13.0. The van der Waals surface area contributed by atoms with Gasteiger partial charge in [0.25, 0.3) is 11.8 Å². The third kappa shape index (κ3) is 5.11. The molecule has 0 saturated heterocycles. The lowest BCUT2D eigenvalue weighted by Crippen LogP contribution is -2.26. The van der Waals surface area contributed by atoms with Crippen molar-refractivity contribution in [3.8, 4) is 0 Å². The number of hydrogen-bond acceptors (Lipinski definition) is 3. The van der Waals surface area contributed by atoms with Crippen LogP contribution in [-0.2, 0) is 9.59 Å². The molecule has 1 aromatic heterocycles. The molecule has 0 radical (unpaired) electrons. The van der Waals surface area contributed by atoms with Crippen molar-refractivity contribution in [3.05, 3.63) is 81.1 Å². The van der Waals surface area contributed by atoms with Gasteiger partial charge in [-0.05, 0) is 68.3 Å². The average Bonchev–Trinajstić information content (AvgIpc) is 3.28. The van der Waals surface area contributed by atoms with Crippen molar-refractivity contribution >= 4 is 63.9 Å². The number of hydrogen-bond donors (Lipinski definition) is 4. The third-order valence-electron chi connectivity index (χ3n) is 5.91. The molecule has 3 aromatic rings. The van der Waals surface area contributed by atoms with Crippen LogP contribution in [0.2, 0.25) is 5.02 Å². The fourth-order valence-corrected chi connectivity index (χ4v) is 4.30. The molecule has 9 heteroatoms. The highest BCUT2D eigenvalue weighted by Gasteiger charge is 2.26. The summed E-state index contributed by atoms with van der Waals surface area (Å²) in [5.74, 6) is -1.01. The van der Waals surface area contributed by atoms with Crippen LogP contribution in [0.3, 0.4) is 0 Å². The number of H-pyrrole nitrogens is 1. The number of alkyl halides is 1. The molecule has 4 N–H and O–H groups in total. The predicted octanol–water partition coefficient (Wildman–Crippen LogP) is 5.45. The summed E-state index contributed by atoms with van der Waals surface area (Å²) in [6, 6.07) is 12.1. The van der Waals surface area contributed by atoms with Gasteiger partial charge in [-0.1, -0.05) is 23.7 Å². The van der Waals surface area contributed by atoms with Gasteiger partial charge in [-0.2, -0.15) is 0 Å². The summed E-state index contributed by atoms with van der Waals surface area (Å²) in [6.45, 7) is 5.55. The Morgan fingerprint density at radius 1 is 1.14 bits per heavy atom. The summed E-state index contributed by atoms with van der Waals surface area (Å²) in [5, 5.41) is 9.17. The standard InChI is InChI=1S/C26H24Cl2N4O3/c1-13-22(29-15(3)24(13)32-23(33)12-27)11-20-19-10-17(7-8-21(19)31-26(20)35)25(34)30-14(2)16-5-4-6-18(28)9-16/h4-11,14,29H,12H2,1-3H3,(H,30,34)(H,31,35)(H,32,33). The van der Waals surface area contributed by atoms with Crippen LogP contribution >= 0.6 is 23.2 Å². The molecule has 4 rings (SSSR count). The molecule has 1 unspecified atom stereocenters. The summed E-state index contributed by atoms with van der Waals surface area (Å²) in [4.78, 5) is 40.7. The van der Waals surface area contributed by atoms with Crippen molar-refractivity contribution in [2.24, 2.45) is 0 Å². The molecule has 0 bridgehead atoms. The van der Waals surface area contributed by atoms with E-state index in [4.69, 9.17) is 23.2 Å². The highest BCUT2D eigenvalue weighted by atomic mass is 35.5. The number of aryl methyl sites for hydroxylation is 1. The van der Waals surface area contributed by atoms with Crippen LogP contribution in [0.5, 0.6) is 0 Å². The van der Waals surface area contributed by atoms with Crippen LogP contribution in [0.4, 0.5) is 11.4 Å². The van der Waals surface area contributed by atoms with E-state index in [1.54, 1.807) is 30.3 Å².